The van der Waals surface area contributed by atoms with Crippen LogP contribution >= 0.6 is 0 Å². The average molecular weight is 520 g/mol. The van der Waals surface area contributed by atoms with Gasteiger partial charge in [-0.3, -0.25) is 4.79 Å². The molecule has 10 nitrogen and oxygen atoms in total. The van der Waals surface area contributed by atoms with Gasteiger partial charge in [0.15, 0.2) is 11.5 Å². The van der Waals surface area contributed by atoms with Gasteiger partial charge in [0.1, 0.15) is 11.5 Å². The Morgan fingerprint density at radius 2 is 1.53 bits per heavy atom. The molecule has 0 radical (unpaired) electrons. The molecule has 200 valence electrons. The summed E-state index contributed by atoms with van der Waals surface area (Å²) >= 11 is 0. The topological polar surface area (TPSA) is 89.5 Å². The molecule has 38 heavy (non-hydrogen) atoms. The van der Waals surface area contributed by atoms with Crippen LogP contribution in [-0.4, -0.2) is 86.8 Å². The number of piperazine rings is 1. The first-order valence-electron chi connectivity index (χ1n) is 12.7. The van der Waals surface area contributed by atoms with Crippen LogP contribution in [0.25, 0.3) is 0 Å². The first kappa shape index (κ1) is 25.6. The maximum absolute atomic E-state index is 13.6. The lowest BCUT2D eigenvalue weighted by atomic mass is 10.0. The van der Waals surface area contributed by atoms with Gasteiger partial charge in [0.2, 0.25) is 11.8 Å². The van der Waals surface area contributed by atoms with Gasteiger partial charge in [0.25, 0.3) is 5.91 Å². The Balaban J connectivity index is 1.49. The van der Waals surface area contributed by atoms with Crippen molar-refractivity contribution in [3.8, 4) is 28.9 Å². The lowest BCUT2D eigenvalue weighted by Crippen LogP contribution is -2.45. The zero-order chi connectivity index (χ0) is 26.6. The largest absolute Gasteiger partial charge is 0.497 e. The van der Waals surface area contributed by atoms with Crippen LogP contribution < -0.4 is 23.8 Å². The highest BCUT2D eigenvalue weighted by Crippen LogP contribution is 2.36. The summed E-state index contributed by atoms with van der Waals surface area (Å²) in [5, 5.41) is 0. The van der Waals surface area contributed by atoms with E-state index >= 15 is 0 Å². The molecular formula is C28H33N5O5. The molecule has 0 atom stereocenters. The lowest BCUT2D eigenvalue weighted by Gasteiger charge is -2.34. The van der Waals surface area contributed by atoms with Crippen molar-refractivity contribution in [3.05, 3.63) is 59.3 Å². The van der Waals surface area contributed by atoms with Gasteiger partial charge in [-0.05, 0) is 31.3 Å². The van der Waals surface area contributed by atoms with Gasteiger partial charge in [-0.25, -0.2) is 4.98 Å². The molecule has 1 aromatic heterocycles. The second kappa shape index (κ2) is 11.1. The highest BCUT2D eigenvalue weighted by atomic mass is 16.5. The van der Waals surface area contributed by atoms with E-state index in [4.69, 9.17) is 28.9 Å². The van der Waals surface area contributed by atoms with Gasteiger partial charge in [-0.2, -0.15) is 4.98 Å². The van der Waals surface area contributed by atoms with Crippen LogP contribution in [0.1, 0.15) is 21.6 Å². The summed E-state index contributed by atoms with van der Waals surface area (Å²) < 4.78 is 22.6. The molecule has 2 aliphatic heterocycles. The van der Waals surface area contributed by atoms with Crippen molar-refractivity contribution in [2.45, 2.75) is 13.0 Å². The molecule has 0 aliphatic carbocycles. The quantitative estimate of drug-likeness (QED) is 0.467. The second-order valence-corrected chi connectivity index (χ2v) is 9.38. The molecule has 0 N–H and O–H groups in total. The number of fused-ring (bicyclic) bond motifs is 1. The maximum atomic E-state index is 13.6. The SMILES string of the molecule is COc1cc(OC)cc(C(=O)N2CCc3nc(N4CCN(C)CC4)nc(Oc4ccccc4OC)c3C2)c1. The Kier molecular flexibility index (Phi) is 7.50. The Morgan fingerprint density at radius 1 is 0.842 bits per heavy atom. The summed E-state index contributed by atoms with van der Waals surface area (Å²) in [6.45, 7) is 4.40. The number of anilines is 1. The van der Waals surface area contributed by atoms with E-state index in [0.717, 1.165) is 37.4 Å². The molecular weight excluding hydrogens is 486 g/mol. The summed E-state index contributed by atoms with van der Waals surface area (Å²) in [5.41, 5.74) is 2.18. The van der Waals surface area contributed by atoms with Crippen molar-refractivity contribution >= 4 is 11.9 Å². The normalized spacial score (nSPS) is 15.6. The molecule has 3 heterocycles. The van der Waals surface area contributed by atoms with Gasteiger partial charge in [0, 0.05) is 50.8 Å². The number of hydrogen-bond donors (Lipinski definition) is 0. The first-order chi connectivity index (χ1) is 18.5. The van der Waals surface area contributed by atoms with Crippen molar-refractivity contribution < 1.29 is 23.7 Å². The number of amides is 1. The third kappa shape index (κ3) is 5.31. The number of ether oxygens (including phenoxy) is 4. The fourth-order valence-corrected chi connectivity index (χ4v) is 4.70. The van der Waals surface area contributed by atoms with E-state index < -0.39 is 0 Å². The number of carbonyl (C=O) groups excluding carboxylic acids is 1. The van der Waals surface area contributed by atoms with E-state index in [-0.39, 0.29) is 5.91 Å². The first-order valence-corrected chi connectivity index (χ1v) is 12.7. The monoisotopic (exact) mass is 519 g/mol. The number of carbonyl (C=O) groups is 1. The number of hydrogen-bond acceptors (Lipinski definition) is 9. The summed E-state index contributed by atoms with van der Waals surface area (Å²) in [6.07, 6.45) is 0.591. The number of rotatable bonds is 7. The highest BCUT2D eigenvalue weighted by Gasteiger charge is 2.29. The molecule has 0 saturated carbocycles. The molecule has 5 rings (SSSR count). The minimum atomic E-state index is -0.126. The van der Waals surface area contributed by atoms with E-state index in [9.17, 15) is 4.79 Å². The Morgan fingerprint density at radius 3 is 2.18 bits per heavy atom. The van der Waals surface area contributed by atoms with E-state index in [0.29, 0.717) is 59.9 Å². The average Bonchev–Trinajstić information content (AvgIpc) is 2.96. The number of benzene rings is 2. The van der Waals surface area contributed by atoms with E-state index in [1.54, 1.807) is 44.4 Å². The third-order valence-electron chi connectivity index (χ3n) is 6.96. The Hall–Kier alpha value is -4.05. The van der Waals surface area contributed by atoms with Crippen LogP contribution in [0.5, 0.6) is 28.9 Å². The van der Waals surface area contributed by atoms with Crippen LogP contribution in [0.2, 0.25) is 0 Å². The molecule has 10 heteroatoms. The van der Waals surface area contributed by atoms with E-state index in [2.05, 4.69) is 16.8 Å². The van der Waals surface area contributed by atoms with Crippen molar-refractivity contribution in [1.29, 1.82) is 0 Å². The predicted molar refractivity (Wildman–Crippen MR) is 143 cm³/mol. The molecule has 0 bridgehead atoms. The van der Waals surface area contributed by atoms with Gasteiger partial charge in [0.05, 0.1) is 39.1 Å². The zero-order valence-electron chi connectivity index (χ0n) is 22.3. The van der Waals surface area contributed by atoms with Crippen molar-refractivity contribution in [3.63, 3.8) is 0 Å². The smallest absolute Gasteiger partial charge is 0.254 e. The number of likely N-dealkylation sites (N-methyl/N-ethyl adjacent to an activating group) is 1. The van der Waals surface area contributed by atoms with E-state index in [1.807, 2.05) is 24.3 Å². The van der Waals surface area contributed by atoms with Crippen LogP contribution in [0, 0.1) is 0 Å². The summed E-state index contributed by atoms with van der Waals surface area (Å²) in [6, 6.07) is 12.7. The number of nitrogens with zero attached hydrogens (tertiary/aromatic N) is 5. The fraction of sp³-hybridized carbons (Fsp3) is 0.393. The summed E-state index contributed by atoms with van der Waals surface area (Å²) in [7, 11) is 6.86. The van der Waals surface area contributed by atoms with Gasteiger partial charge in [-0.1, -0.05) is 12.1 Å². The van der Waals surface area contributed by atoms with Gasteiger partial charge in [-0.15, -0.1) is 0 Å². The molecule has 3 aromatic rings. The number of methoxy groups -OCH3 is 3. The van der Waals surface area contributed by atoms with E-state index in [1.165, 1.54) is 0 Å². The molecule has 0 unspecified atom stereocenters. The lowest BCUT2D eigenvalue weighted by molar-refractivity contribution is 0.0731. The van der Waals surface area contributed by atoms with Crippen molar-refractivity contribution in [2.24, 2.45) is 0 Å². The molecule has 2 aromatic carbocycles. The van der Waals surface area contributed by atoms with Crippen molar-refractivity contribution in [2.75, 3.05) is 66.0 Å². The molecule has 1 amide bonds. The van der Waals surface area contributed by atoms with Gasteiger partial charge < -0.3 is 33.6 Å². The zero-order valence-corrected chi connectivity index (χ0v) is 22.3. The minimum absolute atomic E-state index is 0.126. The Bertz CT molecular complexity index is 1290. The number of para-hydroxylation sites is 2. The maximum Gasteiger partial charge on any atom is 0.254 e. The van der Waals surface area contributed by atoms with Crippen LogP contribution in [0.15, 0.2) is 42.5 Å². The third-order valence-corrected chi connectivity index (χ3v) is 6.96. The number of aromatic nitrogens is 2. The molecule has 0 spiro atoms. The van der Waals surface area contributed by atoms with Crippen LogP contribution in [0.4, 0.5) is 5.95 Å². The standard InChI is InChI=1S/C28H33N5O5/c1-31-11-13-32(14-12-31)28-29-23-9-10-33(27(34)19-15-20(35-2)17-21(16-19)36-3)18-22(23)26(30-28)38-25-8-6-5-7-24(25)37-4/h5-8,15-17H,9-14,18H2,1-4H3. The van der Waals surface area contributed by atoms with Crippen LogP contribution in [-0.2, 0) is 13.0 Å². The second-order valence-electron chi connectivity index (χ2n) is 9.38. The fourth-order valence-electron chi connectivity index (χ4n) is 4.70. The molecule has 1 fully saturated rings. The minimum Gasteiger partial charge on any atom is -0.497 e. The molecule has 1 saturated heterocycles. The Labute approximate surface area is 222 Å². The van der Waals surface area contributed by atoms with Gasteiger partial charge >= 0.3 is 0 Å². The summed E-state index contributed by atoms with van der Waals surface area (Å²) in [4.78, 5) is 29.6. The predicted octanol–water partition coefficient (Wildman–Crippen LogP) is 3.25. The summed E-state index contributed by atoms with van der Waals surface area (Å²) in [5.74, 6) is 3.25. The molecule has 2 aliphatic rings. The van der Waals surface area contributed by atoms with Crippen molar-refractivity contribution in [1.82, 2.24) is 19.8 Å². The van der Waals surface area contributed by atoms with Crippen LogP contribution in [0.3, 0.4) is 0 Å². The highest BCUT2D eigenvalue weighted by molar-refractivity contribution is 5.95.